The Bertz CT molecular complexity index is 381. The highest BCUT2D eigenvalue weighted by molar-refractivity contribution is 6.30. The van der Waals surface area contributed by atoms with Crippen LogP contribution in [0, 0.1) is 0 Å². The van der Waals surface area contributed by atoms with E-state index in [9.17, 15) is 9.59 Å². The number of nitrogens with one attached hydrogen (secondary N) is 1. The minimum Gasteiger partial charge on any atom is -0.370 e. The fraction of sp³-hybridized carbons (Fsp3) is 0.222. The molecule has 1 rings (SSSR count). The van der Waals surface area contributed by atoms with Crippen LogP contribution in [0.3, 0.4) is 0 Å². The number of aromatic nitrogens is 1. The Morgan fingerprint density at radius 3 is 2.87 bits per heavy atom. The zero-order valence-electron chi connectivity index (χ0n) is 7.87. The first-order chi connectivity index (χ1) is 7.09. The molecule has 0 radical (unpaired) electrons. The van der Waals surface area contributed by atoms with Gasteiger partial charge in [-0.2, -0.15) is 0 Å². The van der Waals surface area contributed by atoms with Crippen molar-refractivity contribution in [3.05, 3.63) is 29.0 Å². The number of hydrogen-bond acceptors (Lipinski definition) is 3. The SMILES string of the molecule is NC(=O)CCNC(=O)c1cc(Cl)ccn1. The van der Waals surface area contributed by atoms with Gasteiger partial charge in [-0.25, -0.2) is 0 Å². The molecule has 0 bridgehead atoms. The minimum atomic E-state index is -0.464. The van der Waals surface area contributed by atoms with Crippen LogP contribution in [0.4, 0.5) is 0 Å². The molecular weight excluding hydrogens is 218 g/mol. The number of pyridine rings is 1. The second kappa shape index (κ2) is 5.31. The quantitative estimate of drug-likeness (QED) is 0.778. The van der Waals surface area contributed by atoms with Gasteiger partial charge in [0, 0.05) is 24.2 Å². The van der Waals surface area contributed by atoms with Crippen molar-refractivity contribution in [2.45, 2.75) is 6.42 Å². The van der Waals surface area contributed by atoms with Gasteiger partial charge in [-0.1, -0.05) is 11.6 Å². The van der Waals surface area contributed by atoms with E-state index in [2.05, 4.69) is 10.3 Å². The van der Waals surface area contributed by atoms with Crippen molar-refractivity contribution >= 4 is 23.4 Å². The number of rotatable bonds is 4. The lowest BCUT2D eigenvalue weighted by Gasteiger charge is -2.02. The van der Waals surface area contributed by atoms with Crippen LogP contribution >= 0.6 is 11.6 Å². The van der Waals surface area contributed by atoms with Crippen molar-refractivity contribution in [2.24, 2.45) is 5.73 Å². The predicted molar refractivity (Wildman–Crippen MR) is 55.4 cm³/mol. The van der Waals surface area contributed by atoms with Gasteiger partial charge in [-0.05, 0) is 12.1 Å². The van der Waals surface area contributed by atoms with Crippen LogP contribution in [0.25, 0.3) is 0 Å². The van der Waals surface area contributed by atoms with Gasteiger partial charge in [0.1, 0.15) is 5.69 Å². The number of nitrogens with zero attached hydrogens (tertiary/aromatic N) is 1. The maximum atomic E-state index is 11.4. The van der Waals surface area contributed by atoms with Gasteiger partial charge in [-0.3, -0.25) is 14.6 Å². The zero-order chi connectivity index (χ0) is 11.3. The average molecular weight is 228 g/mol. The predicted octanol–water partition coefficient (Wildman–Crippen LogP) is 0.340. The van der Waals surface area contributed by atoms with Crippen molar-refractivity contribution < 1.29 is 9.59 Å². The van der Waals surface area contributed by atoms with Crippen molar-refractivity contribution in [3.63, 3.8) is 0 Å². The third-order valence-corrected chi connectivity index (χ3v) is 1.85. The van der Waals surface area contributed by atoms with Gasteiger partial charge in [-0.15, -0.1) is 0 Å². The van der Waals surface area contributed by atoms with Crippen LogP contribution in [0.2, 0.25) is 5.02 Å². The molecule has 15 heavy (non-hydrogen) atoms. The molecule has 0 atom stereocenters. The second-order valence-electron chi connectivity index (χ2n) is 2.83. The molecule has 5 nitrogen and oxygen atoms in total. The molecule has 2 amide bonds. The van der Waals surface area contributed by atoms with Crippen molar-refractivity contribution in [1.29, 1.82) is 0 Å². The smallest absolute Gasteiger partial charge is 0.269 e. The average Bonchev–Trinajstić information content (AvgIpc) is 2.17. The van der Waals surface area contributed by atoms with Crippen LogP contribution in [0.1, 0.15) is 16.9 Å². The van der Waals surface area contributed by atoms with Crippen molar-refractivity contribution in [2.75, 3.05) is 6.54 Å². The summed E-state index contributed by atoms with van der Waals surface area (Å²) in [6.07, 6.45) is 1.54. The first kappa shape index (κ1) is 11.5. The molecule has 0 saturated heterocycles. The fourth-order valence-electron chi connectivity index (χ4n) is 0.919. The molecule has 6 heteroatoms. The van der Waals surface area contributed by atoms with Crippen LogP contribution in [-0.2, 0) is 4.79 Å². The number of nitrogens with two attached hydrogens (primary N) is 1. The number of primary amides is 1. The molecular formula is C9H10ClN3O2. The van der Waals surface area contributed by atoms with E-state index in [0.29, 0.717) is 5.02 Å². The number of carbonyl (C=O) groups excluding carboxylic acids is 2. The van der Waals surface area contributed by atoms with E-state index in [1.165, 1.54) is 12.3 Å². The highest BCUT2D eigenvalue weighted by Crippen LogP contribution is 2.07. The normalized spacial score (nSPS) is 9.67. The Morgan fingerprint density at radius 2 is 2.27 bits per heavy atom. The molecule has 0 unspecified atom stereocenters. The summed E-state index contributed by atoms with van der Waals surface area (Å²) >= 11 is 5.68. The van der Waals surface area contributed by atoms with Gasteiger partial charge in [0.25, 0.3) is 5.91 Å². The molecule has 0 aliphatic carbocycles. The highest BCUT2D eigenvalue weighted by atomic mass is 35.5. The summed E-state index contributed by atoms with van der Waals surface area (Å²) in [6.45, 7) is 0.197. The van der Waals surface area contributed by atoms with Gasteiger partial charge in [0.2, 0.25) is 5.91 Å². The number of halogens is 1. The Balaban J connectivity index is 2.50. The van der Waals surface area contributed by atoms with Crippen LogP contribution in [0.5, 0.6) is 0 Å². The molecule has 1 heterocycles. The fourth-order valence-corrected chi connectivity index (χ4v) is 1.08. The zero-order valence-corrected chi connectivity index (χ0v) is 8.62. The standard InChI is InChI=1S/C9H10ClN3O2/c10-6-1-3-12-7(5-6)9(15)13-4-2-8(11)14/h1,3,5H,2,4H2,(H2,11,14)(H,13,15). The summed E-state index contributed by atoms with van der Waals surface area (Å²) in [4.78, 5) is 25.6. The molecule has 1 aromatic heterocycles. The van der Waals surface area contributed by atoms with Gasteiger partial charge in [0.05, 0.1) is 0 Å². The first-order valence-electron chi connectivity index (χ1n) is 4.27. The van der Waals surface area contributed by atoms with Crippen LogP contribution in [0.15, 0.2) is 18.3 Å². The third kappa shape index (κ3) is 3.95. The lowest BCUT2D eigenvalue weighted by molar-refractivity contribution is -0.117. The van der Waals surface area contributed by atoms with Crippen LogP contribution in [-0.4, -0.2) is 23.3 Å². The molecule has 80 valence electrons. The molecule has 1 aromatic rings. The maximum absolute atomic E-state index is 11.4. The Hall–Kier alpha value is -1.62. The van der Waals surface area contributed by atoms with Gasteiger partial charge >= 0.3 is 0 Å². The summed E-state index contributed by atoms with van der Waals surface area (Å²) in [6, 6.07) is 3.02. The Labute approximate surface area is 91.6 Å². The Kier molecular flexibility index (Phi) is 4.05. The van der Waals surface area contributed by atoms with Gasteiger partial charge < -0.3 is 11.1 Å². The van der Waals surface area contributed by atoms with Crippen molar-refractivity contribution in [3.8, 4) is 0 Å². The number of hydrogen-bond donors (Lipinski definition) is 2. The molecule has 0 fully saturated rings. The van der Waals surface area contributed by atoms with E-state index >= 15 is 0 Å². The van der Waals surface area contributed by atoms with Crippen LogP contribution < -0.4 is 11.1 Å². The third-order valence-electron chi connectivity index (χ3n) is 1.61. The maximum Gasteiger partial charge on any atom is 0.269 e. The number of carbonyl (C=O) groups is 2. The molecule has 0 spiro atoms. The van der Waals surface area contributed by atoms with E-state index in [1.807, 2.05) is 0 Å². The summed E-state index contributed by atoms with van der Waals surface area (Å²) < 4.78 is 0. The van der Waals surface area contributed by atoms with E-state index in [4.69, 9.17) is 17.3 Å². The van der Waals surface area contributed by atoms with Crippen molar-refractivity contribution in [1.82, 2.24) is 10.3 Å². The minimum absolute atomic E-state index is 0.103. The largest absolute Gasteiger partial charge is 0.370 e. The molecule has 0 saturated carbocycles. The molecule has 0 aliphatic rings. The molecule has 0 aromatic carbocycles. The second-order valence-corrected chi connectivity index (χ2v) is 3.27. The lowest BCUT2D eigenvalue weighted by atomic mass is 10.3. The summed E-state index contributed by atoms with van der Waals surface area (Å²) in [5, 5.41) is 2.93. The van der Waals surface area contributed by atoms with E-state index in [0.717, 1.165) is 0 Å². The highest BCUT2D eigenvalue weighted by Gasteiger charge is 2.06. The monoisotopic (exact) mass is 227 g/mol. The summed E-state index contributed by atoms with van der Waals surface area (Å²) in [7, 11) is 0. The summed E-state index contributed by atoms with van der Waals surface area (Å²) in [5.74, 6) is -0.840. The first-order valence-corrected chi connectivity index (χ1v) is 4.65. The van der Waals surface area contributed by atoms with E-state index in [1.54, 1.807) is 6.07 Å². The summed E-state index contributed by atoms with van der Waals surface area (Å²) in [5.41, 5.74) is 5.13. The lowest BCUT2D eigenvalue weighted by Crippen LogP contribution is -2.28. The van der Waals surface area contributed by atoms with E-state index < -0.39 is 5.91 Å². The van der Waals surface area contributed by atoms with E-state index in [-0.39, 0.29) is 24.6 Å². The molecule has 3 N–H and O–H groups in total. The Morgan fingerprint density at radius 1 is 1.53 bits per heavy atom. The number of amides is 2. The topological polar surface area (TPSA) is 85.1 Å². The van der Waals surface area contributed by atoms with Gasteiger partial charge in [0.15, 0.2) is 0 Å². The molecule has 0 aliphatic heterocycles.